The van der Waals surface area contributed by atoms with Crippen LogP contribution in [0.3, 0.4) is 0 Å². The molecule has 1 fully saturated rings. The summed E-state index contributed by atoms with van der Waals surface area (Å²) in [4.78, 5) is 40.4. The fourth-order valence-electron chi connectivity index (χ4n) is 3.27. The minimum Gasteiger partial charge on any atom is -0.467 e. The first-order chi connectivity index (χ1) is 13.9. The molecule has 1 aromatic heterocycles. The van der Waals surface area contributed by atoms with Gasteiger partial charge in [-0.2, -0.15) is 0 Å². The van der Waals surface area contributed by atoms with Crippen molar-refractivity contribution in [2.45, 2.75) is 65.1 Å². The summed E-state index contributed by atoms with van der Waals surface area (Å²) in [6.45, 7) is 7.16. The summed E-state index contributed by atoms with van der Waals surface area (Å²) in [5.41, 5.74) is 0. The quantitative estimate of drug-likeness (QED) is 0.522. The average Bonchev–Trinajstić information content (AvgIpc) is 3.37. The minimum absolute atomic E-state index is 0.000859. The van der Waals surface area contributed by atoms with E-state index in [2.05, 4.69) is 0 Å². The number of esters is 1. The second-order valence-electron chi connectivity index (χ2n) is 7.41. The summed E-state index contributed by atoms with van der Waals surface area (Å²) in [6.07, 6.45) is 3.50. The van der Waals surface area contributed by atoms with Crippen molar-refractivity contribution in [3.8, 4) is 0 Å². The molecule has 8 heteroatoms. The van der Waals surface area contributed by atoms with E-state index in [1.54, 1.807) is 24.2 Å². The zero-order valence-corrected chi connectivity index (χ0v) is 17.6. The molecule has 1 aliphatic heterocycles. The van der Waals surface area contributed by atoms with Crippen LogP contribution in [-0.4, -0.2) is 66.0 Å². The van der Waals surface area contributed by atoms with Crippen molar-refractivity contribution in [3.63, 3.8) is 0 Å². The number of amides is 2. The number of rotatable bonds is 11. The average molecular weight is 408 g/mol. The molecule has 1 unspecified atom stereocenters. The van der Waals surface area contributed by atoms with Crippen LogP contribution in [0.1, 0.15) is 52.2 Å². The van der Waals surface area contributed by atoms with E-state index in [-0.39, 0.29) is 50.0 Å². The maximum atomic E-state index is 13.1. The van der Waals surface area contributed by atoms with Crippen molar-refractivity contribution in [2.24, 2.45) is 0 Å². The Kier molecular flexibility index (Phi) is 9.18. The van der Waals surface area contributed by atoms with Gasteiger partial charge in [-0.1, -0.05) is 0 Å². The Labute approximate surface area is 172 Å². The Morgan fingerprint density at radius 2 is 2.03 bits per heavy atom. The lowest BCUT2D eigenvalue weighted by Crippen LogP contribution is -2.47. The molecule has 0 bridgehead atoms. The van der Waals surface area contributed by atoms with Crippen LogP contribution in [0, 0.1) is 0 Å². The molecule has 1 aromatic rings. The molecule has 2 heterocycles. The van der Waals surface area contributed by atoms with Crippen LogP contribution in [0.15, 0.2) is 22.8 Å². The molecule has 0 spiro atoms. The minimum atomic E-state index is -0.409. The smallest absolute Gasteiger partial charge is 0.306 e. The van der Waals surface area contributed by atoms with Crippen molar-refractivity contribution >= 4 is 17.8 Å². The van der Waals surface area contributed by atoms with E-state index in [4.69, 9.17) is 13.9 Å². The normalized spacial score (nSPS) is 16.1. The molecule has 162 valence electrons. The number of furan rings is 1. The standard InChI is InChI=1S/C21H32N2O6/c1-4-27-21(26)10-9-19(24)23(16(2)3)15-20(25)22(13-17-7-5-11-28-17)14-18-8-6-12-29-18/h5,7,11,16,18H,4,6,8-10,12-15H2,1-3H3. The molecule has 29 heavy (non-hydrogen) atoms. The molecule has 1 atom stereocenters. The Morgan fingerprint density at radius 1 is 1.24 bits per heavy atom. The van der Waals surface area contributed by atoms with Crippen LogP contribution in [0.2, 0.25) is 0 Å². The Morgan fingerprint density at radius 3 is 2.62 bits per heavy atom. The molecule has 1 aliphatic rings. The van der Waals surface area contributed by atoms with Gasteiger partial charge in [-0.25, -0.2) is 0 Å². The monoisotopic (exact) mass is 408 g/mol. The van der Waals surface area contributed by atoms with Crippen molar-refractivity contribution in [1.82, 2.24) is 9.80 Å². The molecular weight excluding hydrogens is 376 g/mol. The predicted octanol–water partition coefficient (Wildman–Crippen LogP) is 2.37. The lowest BCUT2D eigenvalue weighted by atomic mass is 10.2. The van der Waals surface area contributed by atoms with Crippen LogP contribution in [0.25, 0.3) is 0 Å². The topological polar surface area (TPSA) is 89.3 Å². The fraction of sp³-hybridized carbons (Fsp3) is 0.667. The van der Waals surface area contributed by atoms with Gasteiger partial charge in [0.2, 0.25) is 11.8 Å². The van der Waals surface area contributed by atoms with Crippen LogP contribution >= 0.6 is 0 Å². The maximum absolute atomic E-state index is 13.1. The summed E-state index contributed by atoms with van der Waals surface area (Å²) in [6, 6.07) is 3.44. The molecule has 2 amide bonds. The maximum Gasteiger partial charge on any atom is 0.306 e. The molecule has 0 aliphatic carbocycles. The van der Waals surface area contributed by atoms with Gasteiger partial charge in [0, 0.05) is 25.6 Å². The largest absolute Gasteiger partial charge is 0.467 e. The van der Waals surface area contributed by atoms with Gasteiger partial charge >= 0.3 is 5.97 Å². The molecular formula is C21H32N2O6. The van der Waals surface area contributed by atoms with E-state index < -0.39 is 5.97 Å². The molecule has 0 radical (unpaired) electrons. The number of carbonyl (C=O) groups excluding carboxylic acids is 3. The van der Waals surface area contributed by atoms with Gasteiger partial charge in [-0.05, 0) is 45.7 Å². The van der Waals surface area contributed by atoms with Gasteiger partial charge < -0.3 is 23.7 Å². The predicted molar refractivity (Wildman–Crippen MR) is 106 cm³/mol. The molecule has 8 nitrogen and oxygen atoms in total. The van der Waals surface area contributed by atoms with Crippen LogP contribution in [0.4, 0.5) is 0 Å². The fourth-order valence-corrected chi connectivity index (χ4v) is 3.27. The summed E-state index contributed by atoms with van der Waals surface area (Å²) in [5, 5.41) is 0. The second-order valence-corrected chi connectivity index (χ2v) is 7.41. The lowest BCUT2D eigenvalue weighted by Gasteiger charge is -2.30. The summed E-state index contributed by atoms with van der Waals surface area (Å²) < 4.78 is 16.0. The number of carbonyl (C=O) groups is 3. The van der Waals surface area contributed by atoms with Crippen LogP contribution in [0.5, 0.6) is 0 Å². The first kappa shape index (κ1) is 22.9. The van der Waals surface area contributed by atoms with Crippen molar-refractivity contribution in [2.75, 3.05) is 26.3 Å². The van der Waals surface area contributed by atoms with Crippen LogP contribution < -0.4 is 0 Å². The summed E-state index contributed by atoms with van der Waals surface area (Å²) in [7, 11) is 0. The van der Waals surface area contributed by atoms with Gasteiger partial charge in [0.15, 0.2) is 0 Å². The number of ether oxygens (including phenoxy) is 2. The highest BCUT2D eigenvalue weighted by Crippen LogP contribution is 2.16. The van der Waals surface area contributed by atoms with E-state index in [1.807, 2.05) is 19.9 Å². The number of hydrogen-bond donors (Lipinski definition) is 0. The molecule has 0 N–H and O–H groups in total. The zero-order chi connectivity index (χ0) is 21.2. The van der Waals surface area contributed by atoms with Crippen molar-refractivity contribution in [1.29, 1.82) is 0 Å². The third kappa shape index (κ3) is 7.53. The van der Waals surface area contributed by atoms with E-state index in [9.17, 15) is 14.4 Å². The van der Waals surface area contributed by atoms with E-state index in [1.165, 1.54) is 4.90 Å². The summed E-state index contributed by atoms with van der Waals surface area (Å²) >= 11 is 0. The van der Waals surface area contributed by atoms with Gasteiger partial charge in [0.05, 0.1) is 38.5 Å². The molecule has 0 saturated carbocycles. The van der Waals surface area contributed by atoms with Crippen molar-refractivity contribution in [3.05, 3.63) is 24.2 Å². The van der Waals surface area contributed by atoms with Gasteiger partial charge in [-0.3, -0.25) is 14.4 Å². The van der Waals surface area contributed by atoms with Gasteiger partial charge in [0.25, 0.3) is 0 Å². The van der Waals surface area contributed by atoms with Crippen LogP contribution in [-0.2, 0) is 30.4 Å². The highest BCUT2D eigenvalue weighted by atomic mass is 16.5. The van der Waals surface area contributed by atoms with E-state index in [0.717, 1.165) is 12.8 Å². The number of nitrogens with zero attached hydrogens (tertiary/aromatic N) is 2. The summed E-state index contributed by atoms with van der Waals surface area (Å²) in [5.74, 6) is -0.138. The SMILES string of the molecule is CCOC(=O)CCC(=O)N(CC(=O)N(Cc1ccco1)CC1CCCO1)C(C)C. The Balaban J connectivity index is 2.00. The van der Waals surface area contributed by atoms with E-state index >= 15 is 0 Å². The second kappa shape index (κ2) is 11.6. The number of hydrogen-bond acceptors (Lipinski definition) is 6. The third-order valence-corrected chi connectivity index (χ3v) is 4.83. The Bertz CT molecular complexity index is 652. The first-order valence-corrected chi connectivity index (χ1v) is 10.3. The molecule has 0 aromatic carbocycles. The third-order valence-electron chi connectivity index (χ3n) is 4.83. The first-order valence-electron chi connectivity index (χ1n) is 10.3. The zero-order valence-electron chi connectivity index (χ0n) is 17.6. The lowest BCUT2D eigenvalue weighted by molar-refractivity contribution is -0.147. The van der Waals surface area contributed by atoms with E-state index in [0.29, 0.717) is 25.5 Å². The molecule has 1 saturated heterocycles. The van der Waals surface area contributed by atoms with Gasteiger partial charge in [-0.15, -0.1) is 0 Å². The highest BCUT2D eigenvalue weighted by Gasteiger charge is 2.27. The Hall–Kier alpha value is -2.35. The highest BCUT2D eigenvalue weighted by molar-refractivity contribution is 5.86. The van der Waals surface area contributed by atoms with Gasteiger partial charge in [0.1, 0.15) is 5.76 Å². The molecule has 2 rings (SSSR count). The van der Waals surface area contributed by atoms with Crippen molar-refractivity contribution < 1.29 is 28.3 Å².